The largest absolute Gasteiger partial charge is 0.369 e. The molecule has 3 rings (SSSR count). The molecule has 6 heteroatoms. The number of rotatable bonds is 5. The van der Waals surface area contributed by atoms with Gasteiger partial charge in [0.2, 0.25) is 5.91 Å². The van der Waals surface area contributed by atoms with Gasteiger partial charge in [0.05, 0.1) is 5.92 Å². The van der Waals surface area contributed by atoms with E-state index in [2.05, 4.69) is 27.2 Å². The maximum Gasteiger partial charge on any atom is 0.222 e. The highest BCUT2D eigenvalue weighted by molar-refractivity contribution is 5.78. The number of hydrogen-bond donors (Lipinski definition) is 2. The Morgan fingerprint density at radius 3 is 2.71 bits per heavy atom. The van der Waals surface area contributed by atoms with Crippen molar-refractivity contribution in [3.63, 3.8) is 0 Å². The first-order valence-electron chi connectivity index (χ1n) is 8.51. The molecule has 126 valence electrons. The van der Waals surface area contributed by atoms with Gasteiger partial charge < -0.3 is 11.1 Å². The fraction of sp³-hybridized carbons (Fsp3) is 0.444. The minimum atomic E-state index is -0.230. The van der Waals surface area contributed by atoms with E-state index in [1.54, 1.807) is 12.4 Å². The summed E-state index contributed by atoms with van der Waals surface area (Å²) in [5.41, 5.74) is 7.46. The van der Waals surface area contributed by atoms with E-state index in [9.17, 15) is 4.79 Å². The zero-order valence-corrected chi connectivity index (χ0v) is 13.9. The summed E-state index contributed by atoms with van der Waals surface area (Å²) in [6.07, 6.45) is 8.21. The van der Waals surface area contributed by atoms with Crippen LogP contribution in [0.3, 0.4) is 0 Å². The lowest BCUT2D eigenvalue weighted by molar-refractivity contribution is -0.122. The molecule has 0 radical (unpaired) electrons. The molecule has 1 amide bonds. The van der Waals surface area contributed by atoms with Crippen LogP contribution in [0.5, 0.6) is 0 Å². The first kappa shape index (κ1) is 16.4. The van der Waals surface area contributed by atoms with Gasteiger partial charge >= 0.3 is 0 Å². The number of amides is 1. The first-order valence-corrected chi connectivity index (χ1v) is 8.51. The number of nitrogens with one attached hydrogen (secondary N) is 1. The van der Waals surface area contributed by atoms with Crippen molar-refractivity contribution >= 4 is 11.7 Å². The highest BCUT2D eigenvalue weighted by atomic mass is 16.1. The van der Waals surface area contributed by atoms with Gasteiger partial charge in [-0.1, -0.05) is 19.8 Å². The number of primary amides is 1. The molecule has 2 aromatic rings. The van der Waals surface area contributed by atoms with Crippen molar-refractivity contribution < 1.29 is 4.79 Å². The van der Waals surface area contributed by atoms with Gasteiger partial charge in [0.25, 0.3) is 0 Å². The quantitative estimate of drug-likeness (QED) is 0.881. The zero-order chi connectivity index (χ0) is 16.9. The van der Waals surface area contributed by atoms with Crippen LogP contribution in [-0.2, 0) is 11.2 Å². The Balaban J connectivity index is 1.88. The average molecular weight is 325 g/mol. The van der Waals surface area contributed by atoms with Crippen LogP contribution in [0.1, 0.15) is 38.3 Å². The van der Waals surface area contributed by atoms with Gasteiger partial charge in [-0.05, 0) is 31.4 Å². The summed E-state index contributed by atoms with van der Waals surface area (Å²) in [7, 11) is 0. The number of nitrogens with zero attached hydrogens (tertiary/aromatic N) is 3. The van der Waals surface area contributed by atoms with Gasteiger partial charge in [-0.2, -0.15) is 0 Å². The van der Waals surface area contributed by atoms with Gasteiger partial charge in [-0.25, -0.2) is 9.97 Å². The summed E-state index contributed by atoms with van der Waals surface area (Å²) in [5.74, 6) is 1.06. The second kappa shape index (κ2) is 7.38. The molecule has 6 nitrogen and oxygen atoms in total. The Hall–Kier alpha value is -2.50. The molecule has 2 unspecified atom stereocenters. The molecule has 0 saturated heterocycles. The SMILES string of the molecule is CCc1cc(NC2CCCCC2C(N)=O)nc(-c2ccncc2)n1. The second-order valence-corrected chi connectivity index (χ2v) is 6.20. The highest BCUT2D eigenvalue weighted by Crippen LogP contribution is 2.27. The van der Waals surface area contributed by atoms with Gasteiger partial charge in [0.15, 0.2) is 5.82 Å². The predicted molar refractivity (Wildman–Crippen MR) is 93.2 cm³/mol. The minimum absolute atomic E-state index is 0.0427. The van der Waals surface area contributed by atoms with Gasteiger partial charge in [-0.15, -0.1) is 0 Å². The lowest BCUT2D eigenvalue weighted by atomic mass is 9.84. The van der Waals surface area contributed by atoms with Crippen molar-refractivity contribution in [3.05, 3.63) is 36.3 Å². The summed E-state index contributed by atoms with van der Waals surface area (Å²) in [6, 6.07) is 5.79. The van der Waals surface area contributed by atoms with Crippen LogP contribution in [-0.4, -0.2) is 26.9 Å². The lowest BCUT2D eigenvalue weighted by Gasteiger charge is -2.30. The molecule has 2 atom stereocenters. The maximum atomic E-state index is 11.7. The second-order valence-electron chi connectivity index (χ2n) is 6.20. The van der Waals surface area contributed by atoms with Crippen LogP contribution in [0, 0.1) is 5.92 Å². The van der Waals surface area contributed by atoms with Gasteiger partial charge in [0, 0.05) is 35.8 Å². The highest BCUT2D eigenvalue weighted by Gasteiger charge is 2.29. The monoisotopic (exact) mass is 325 g/mol. The molecule has 0 bridgehead atoms. The summed E-state index contributed by atoms with van der Waals surface area (Å²) in [5, 5.41) is 3.43. The Bertz CT molecular complexity index is 704. The van der Waals surface area contributed by atoms with E-state index in [1.165, 1.54) is 0 Å². The van der Waals surface area contributed by atoms with Crippen LogP contribution in [0.4, 0.5) is 5.82 Å². The van der Waals surface area contributed by atoms with E-state index >= 15 is 0 Å². The molecular formula is C18H23N5O. The van der Waals surface area contributed by atoms with E-state index in [0.717, 1.165) is 49.2 Å². The van der Waals surface area contributed by atoms with Gasteiger partial charge in [0.1, 0.15) is 5.82 Å². The van der Waals surface area contributed by atoms with Crippen molar-refractivity contribution in [2.24, 2.45) is 11.7 Å². The number of anilines is 1. The first-order chi connectivity index (χ1) is 11.7. The Morgan fingerprint density at radius 2 is 2.00 bits per heavy atom. The Kier molecular flexibility index (Phi) is 5.03. The van der Waals surface area contributed by atoms with Crippen molar-refractivity contribution in [2.75, 3.05) is 5.32 Å². The van der Waals surface area contributed by atoms with Crippen LogP contribution in [0.25, 0.3) is 11.4 Å². The Morgan fingerprint density at radius 1 is 1.25 bits per heavy atom. The minimum Gasteiger partial charge on any atom is -0.369 e. The number of aryl methyl sites for hydroxylation is 1. The summed E-state index contributed by atoms with van der Waals surface area (Å²) < 4.78 is 0. The number of nitrogens with two attached hydrogens (primary N) is 1. The molecule has 0 spiro atoms. The summed E-state index contributed by atoms with van der Waals surface area (Å²) in [6.45, 7) is 2.06. The van der Waals surface area contributed by atoms with Crippen molar-refractivity contribution in [3.8, 4) is 11.4 Å². The molecule has 24 heavy (non-hydrogen) atoms. The molecule has 0 aliphatic heterocycles. The zero-order valence-electron chi connectivity index (χ0n) is 13.9. The van der Waals surface area contributed by atoms with E-state index in [0.29, 0.717) is 5.82 Å². The lowest BCUT2D eigenvalue weighted by Crippen LogP contribution is -2.40. The Labute approximate surface area is 141 Å². The van der Waals surface area contributed by atoms with E-state index in [-0.39, 0.29) is 17.9 Å². The standard InChI is InChI=1S/C18H23N5O/c1-2-13-11-16(22-15-6-4-3-5-14(15)17(19)24)23-18(21-13)12-7-9-20-10-8-12/h7-11,14-15H,2-6H2,1H3,(H2,19,24)(H,21,22,23). The molecule has 3 N–H and O–H groups in total. The third-order valence-corrected chi connectivity index (χ3v) is 4.54. The number of carbonyl (C=O) groups excluding carboxylic acids is 1. The fourth-order valence-corrected chi connectivity index (χ4v) is 3.22. The van der Waals surface area contributed by atoms with E-state index < -0.39 is 0 Å². The van der Waals surface area contributed by atoms with Crippen molar-refractivity contribution in [1.82, 2.24) is 15.0 Å². The molecule has 2 heterocycles. The molecule has 1 saturated carbocycles. The molecule has 1 fully saturated rings. The van der Waals surface area contributed by atoms with E-state index in [4.69, 9.17) is 5.73 Å². The maximum absolute atomic E-state index is 11.7. The number of pyridine rings is 1. The van der Waals surface area contributed by atoms with Crippen LogP contribution in [0.2, 0.25) is 0 Å². The molecule has 0 aromatic carbocycles. The summed E-state index contributed by atoms with van der Waals surface area (Å²) in [4.78, 5) is 25.0. The number of carbonyl (C=O) groups is 1. The van der Waals surface area contributed by atoms with E-state index in [1.807, 2.05) is 18.2 Å². The number of aromatic nitrogens is 3. The average Bonchev–Trinajstić information content (AvgIpc) is 2.62. The predicted octanol–water partition coefficient (Wildman–Crippen LogP) is 2.56. The van der Waals surface area contributed by atoms with Crippen LogP contribution in [0.15, 0.2) is 30.6 Å². The van der Waals surface area contributed by atoms with Crippen LogP contribution < -0.4 is 11.1 Å². The normalized spacial score (nSPS) is 20.5. The molecule has 1 aliphatic rings. The summed E-state index contributed by atoms with van der Waals surface area (Å²) >= 11 is 0. The molecular weight excluding hydrogens is 302 g/mol. The van der Waals surface area contributed by atoms with Crippen molar-refractivity contribution in [1.29, 1.82) is 0 Å². The molecule has 2 aromatic heterocycles. The van der Waals surface area contributed by atoms with Gasteiger partial charge in [-0.3, -0.25) is 9.78 Å². The smallest absolute Gasteiger partial charge is 0.222 e. The van der Waals surface area contributed by atoms with Crippen molar-refractivity contribution in [2.45, 2.75) is 45.1 Å². The number of hydrogen-bond acceptors (Lipinski definition) is 5. The molecule has 1 aliphatic carbocycles. The fourth-order valence-electron chi connectivity index (χ4n) is 3.22. The van der Waals surface area contributed by atoms with Crippen LogP contribution >= 0.6 is 0 Å². The topological polar surface area (TPSA) is 93.8 Å². The third-order valence-electron chi connectivity index (χ3n) is 4.54. The third kappa shape index (κ3) is 3.69.